The van der Waals surface area contributed by atoms with Crippen LogP contribution < -0.4 is 4.90 Å². The molecule has 262 valence electrons. The average molecular weight is 698 g/mol. The number of furan rings is 1. The Labute approximate surface area is 317 Å². The summed E-state index contributed by atoms with van der Waals surface area (Å²) in [5.41, 5.74) is 15.7. The van der Waals surface area contributed by atoms with Gasteiger partial charge in [-0.05, 0) is 144 Å². The number of hydrogen-bond donors (Lipinski definition) is 0. The average Bonchev–Trinajstić information content (AvgIpc) is 3.56. The molecule has 2 heteroatoms. The first kappa shape index (κ1) is 32.5. The van der Waals surface area contributed by atoms with Crippen LogP contribution in [0.1, 0.15) is 52.7 Å². The van der Waals surface area contributed by atoms with Crippen LogP contribution in [0.4, 0.5) is 17.1 Å². The SMILES string of the molecule is CC(C)(C)c1ccc(-c2ccc3cc4c(cc3c2)-c2cc3ccc(N(c5ccc(C(C)(C)C)cc5)c5cccc6c5oc5ccccc56)cc3cc2-4)cc1. The summed E-state index contributed by atoms with van der Waals surface area (Å²) in [7, 11) is 0. The van der Waals surface area contributed by atoms with Gasteiger partial charge in [0.1, 0.15) is 5.58 Å². The lowest BCUT2D eigenvalue weighted by Gasteiger charge is -2.28. The quantitative estimate of drug-likeness (QED) is 0.182. The fourth-order valence-electron chi connectivity index (χ4n) is 8.34. The summed E-state index contributed by atoms with van der Waals surface area (Å²) in [5, 5.41) is 7.26. The molecular weight excluding hydrogens is 655 g/mol. The zero-order valence-corrected chi connectivity index (χ0v) is 31.8. The maximum atomic E-state index is 6.60. The highest BCUT2D eigenvalue weighted by Crippen LogP contribution is 2.51. The van der Waals surface area contributed by atoms with E-state index in [9.17, 15) is 0 Å². The van der Waals surface area contributed by atoms with E-state index < -0.39 is 0 Å². The van der Waals surface area contributed by atoms with Crippen molar-refractivity contribution >= 4 is 60.5 Å². The Morgan fingerprint density at radius 2 is 0.926 bits per heavy atom. The Balaban J connectivity index is 1.06. The Morgan fingerprint density at radius 1 is 0.407 bits per heavy atom. The van der Waals surface area contributed by atoms with Crippen LogP contribution in [0.25, 0.3) is 76.9 Å². The molecular formula is C52H43NO. The molecule has 2 nitrogen and oxygen atoms in total. The third-order valence-electron chi connectivity index (χ3n) is 11.5. The Bertz CT molecular complexity index is 2930. The summed E-state index contributed by atoms with van der Waals surface area (Å²) < 4.78 is 6.60. The summed E-state index contributed by atoms with van der Waals surface area (Å²) in [6, 6.07) is 56.2. The zero-order chi connectivity index (χ0) is 36.9. The lowest BCUT2D eigenvalue weighted by Crippen LogP contribution is -2.13. The smallest absolute Gasteiger partial charge is 0.159 e. The fourth-order valence-corrected chi connectivity index (χ4v) is 8.34. The highest BCUT2D eigenvalue weighted by molar-refractivity contribution is 6.13. The highest BCUT2D eigenvalue weighted by Gasteiger charge is 2.25. The standard InChI is InChI=1S/C52H43NO/c1-51(2,3)38-19-16-32(17-20-38)33-14-15-34-28-44-46(30-36(34)26-33)45-29-35-18-23-41(27-37(35)31-47(44)45)53(40-24-21-39(22-25-40)52(4,5)6)48-12-9-11-43-42-10-7-8-13-49(42)54-50(43)48/h7-31H,1-6H3. The van der Waals surface area contributed by atoms with Gasteiger partial charge in [-0.2, -0.15) is 0 Å². The number of anilines is 3. The van der Waals surface area contributed by atoms with Gasteiger partial charge in [0.05, 0.1) is 5.69 Å². The summed E-state index contributed by atoms with van der Waals surface area (Å²) in [6.07, 6.45) is 0. The number of nitrogens with zero attached hydrogens (tertiary/aromatic N) is 1. The third kappa shape index (κ3) is 5.23. The monoisotopic (exact) mass is 697 g/mol. The van der Waals surface area contributed by atoms with Crippen LogP contribution in [0.15, 0.2) is 156 Å². The van der Waals surface area contributed by atoms with Crippen LogP contribution in [0.3, 0.4) is 0 Å². The molecule has 0 unspecified atom stereocenters. The Hall–Kier alpha value is -6.12. The van der Waals surface area contributed by atoms with Crippen molar-refractivity contribution in [3.63, 3.8) is 0 Å². The van der Waals surface area contributed by atoms with Crippen LogP contribution in [0.5, 0.6) is 0 Å². The van der Waals surface area contributed by atoms with Crippen molar-refractivity contribution < 1.29 is 4.42 Å². The normalized spacial score (nSPS) is 12.6. The van der Waals surface area contributed by atoms with Gasteiger partial charge in [-0.3, -0.25) is 0 Å². The topological polar surface area (TPSA) is 16.4 Å². The lowest BCUT2D eigenvalue weighted by molar-refractivity contribution is 0.590. The van der Waals surface area contributed by atoms with Gasteiger partial charge >= 0.3 is 0 Å². The number of fused-ring (bicyclic) bond motifs is 9. The molecule has 0 saturated carbocycles. The van der Waals surface area contributed by atoms with Crippen molar-refractivity contribution in [3.8, 4) is 33.4 Å². The molecule has 0 radical (unpaired) electrons. The molecule has 0 N–H and O–H groups in total. The minimum Gasteiger partial charge on any atom is -0.454 e. The van der Waals surface area contributed by atoms with Gasteiger partial charge in [-0.1, -0.05) is 126 Å². The van der Waals surface area contributed by atoms with E-state index in [1.54, 1.807) is 0 Å². The Kier molecular flexibility index (Phi) is 7.04. The summed E-state index contributed by atoms with van der Waals surface area (Å²) >= 11 is 0. The van der Waals surface area contributed by atoms with Crippen LogP contribution in [-0.4, -0.2) is 0 Å². The molecule has 0 bridgehead atoms. The van der Waals surface area contributed by atoms with Gasteiger partial charge < -0.3 is 9.32 Å². The van der Waals surface area contributed by atoms with E-state index in [4.69, 9.17) is 4.42 Å². The second-order valence-electron chi connectivity index (χ2n) is 17.1. The molecule has 0 atom stereocenters. The van der Waals surface area contributed by atoms with E-state index in [2.05, 4.69) is 192 Å². The molecule has 1 aliphatic carbocycles. The molecule has 0 fully saturated rings. The van der Waals surface area contributed by atoms with E-state index in [-0.39, 0.29) is 10.8 Å². The van der Waals surface area contributed by atoms with E-state index in [1.807, 2.05) is 6.07 Å². The van der Waals surface area contributed by atoms with Crippen molar-refractivity contribution in [1.82, 2.24) is 0 Å². The first-order valence-corrected chi connectivity index (χ1v) is 19.1. The van der Waals surface area contributed by atoms with E-state index in [0.29, 0.717) is 0 Å². The zero-order valence-electron chi connectivity index (χ0n) is 31.8. The van der Waals surface area contributed by atoms with Crippen molar-refractivity contribution in [2.24, 2.45) is 0 Å². The molecule has 1 aliphatic rings. The van der Waals surface area contributed by atoms with Gasteiger partial charge in [-0.15, -0.1) is 0 Å². The van der Waals surface area contributed by atoms with Gasteiger partial charge in [-0.25, -0.2) is 0 Å². The van der Waals surface area contributed by atoms with Crippen LogP contribution in [-0.2, 0) is 10.8 Å². The first-order valence-electron chi connectivity index (χ1n) is 19.1. The third-order valence-corrected chi connectivity index (χ3v) is 11.5. The van der Waals surface area contributed by atoms with Crippen LogP contribution in [0.2, 0.25) is 0 Å². The molecule has 0 amide bonds. The molecule has 8 aromatic carbocycles. The summed E-state index contributed by atoms with van der Waals surface area (Å²) in [4.78, 5) is 2.35. The van der Waals surface area contributed by atoms with Crippen molar-refractivity contribution in [1.29, 1.82) is 0 Å². The number of rotatable bonds is 4. The molecule has 0 aliphatic heterocycles. The summed E-state index contributed by atoms with van der Waals surface area (Å²) in [6.45, 7) is 13.6. The molecule has 0 spiro atoms. The van der Waals surface area contributed by atoms with Gasteiger partial charge in [0.2, 0.25) is 0 Å². The van der Waals surface area contributed by atoms with Crippen molar-refractivity contribution in [3.05, 3.63) is 163 Å². The van der Waals surface area contributed by atoms with Crippen molar-refractivity contribution in [2.45, 2.75) is 52.4 Å². The largest absolute Gasteiger partial charge is 0.454 e. The van der Waals surface area contributed by atoms with Gasteiger partial charge in [0.25, 0.3) is 0 Å². The maximum absolute atomic E-state index is 6.60. The van der Waals surface area contributed by atoms with E-state index >= 15 is 0 Å². The van der Waals surface area contributed by atoms with Gasteiger partial charge in [0, 0.05) is 22.1 Å². The molecule has 1 aromatic heterocycles. The van der Waals surface area contributed by atoms with E-state index in [1.165, 1.54) is 66.1 Å². The molecule has 1 heterocycles. The molecule has 0 saturated heterocycles. The maximum Gasteiger partial charge on any atom is 0.159 e. The molecule has 10 rings (SSSR count). The van der Waals surface area contributed by atoms with Crippen LogP contribution >= 0.6 is 0 Å². The number of para-hydroxylation sites is 2. The highest BCUT2D eigenvalue weighted by atomic mass is 16.3. The predicted molar refractivity (Wildman–Crippen MR) is 231 cm³/mol. The van der Waals surface area contributed by atoms with E-state index in [0.717, 1.165) is 39.0 Å². The summed E-state index contributed by atoms with van der Waals surface area (Å²) in [5.74, 6) is 0. The predicted octanol–water partition coefficient (Wildman–Crippen LogP) is 15.3. The van der Waals surface area contributed by atoms with Crippen LogP contribution in [0, 0.1) is 0 Å². The lowest BCUT2D eigenvalue weighted by atomic mass is 9.77. The fraction of sp³-hybridized carbons (Fsp3) is 0.154. The van der Waals surface area contributed by atoms with Crippen molar-refractivity contribution in [2.75, 3.05) is 4.90 Å². The minimum absolute atomic E-state index is 0.0647. The minimum atomic E-state index is 0.0647. The second-order valence-corrected chi connectivity index (χ2v) is 17.1. The molecule has 54 heavy (non-hydrogen) atoms. The van der Waals surface area contributed by atoms with Gasteiger partial charge in [0.15, 0.2) is 5.58 Å². The first-order chi connectivity index (χ1) is 26.0. The Morgan fingerprint density at radius 3 is 1.57 bits per heavy atom. The molecule has 9 aromatic rings. The number of benzene rings is 8. The second kappa shape index (κ2) is 11.7. The number of hydrogen-bond acceptors (Lipinski definition) is 2.